The molecule has 0 aromatic heterocycles. The van der Waals surface area contributed by atoms with E-state index in [-0.39, 0.29) is 0 Å². The van der Waals surface area contributed by atoms with E-state index in [1.54, 1.807) is 12.1 Å². The quantitative estimate of drug-likeness (QED) is 0.716. The number of hydrogen-bond acceptors (Lipinski definition) is 3. The van der Waals surface area contributed by atoms with Gasteiger partial charge in [0.1, 0.15) is 0 Å². The van der Waals surface area contributed by atoms with Gasteiger partial charge in [0.05, 0.1) is 5.56 Å². The number of rotatable bonds is 5. The normalized spacial score (nSPS) is 10.6. The molecule has 0 spiro atoms. The van der Waals surface area contributed by atoms with E-state index >= 15 is 0 Å². The zero-order valence-corrected chi connectivity index (χ0v) is 10.3. The Hall–Kier alpha value is -1.33. The topological polar surface area (TPSA) is 81.1 Å². The van der Waals surface area contributed by atoms with Gasteiger partial charge in [-0.2, -0.15) is 0 Å². The molecule has 4 nitrogen and oxygen atoms in total. The maximum atomic E-state index is 11.2. The third-order valence-electron chi connectivity index (χ3n) is 1.96. The molecule has 5 heteroatoms. The first-order valence-electron chi connectivity index (χ1n) is 4.83. The van der Waals surface area contributed by atoms with Crippen molar-refractivity contribution in [3.8, 4) is 0 Å². The molecule has 1 aromatic carbocycles. The lowest BCUT2D eigenvalue weighted by molar-refractivity contribution is 0.100. The van der Waals surface area contributed by atoms with Gasteiger partial charge in [0.25, 0.3) is 5.91 Å². The van der Waals surface area contributed by atoms with Crippen LogP contribution in [-0.2, 0) is 0 Å². The maximum absolute atomic E-state index is 11.2. The molecule has 86 valence electrons. The molecule has 0 bridgehead atoms. The van der Waals surface area contributed by atoms with Crippen molar-refractivity contribution in [1.82, 2.24) is 0 Å². The summed E-state index contributed by atoms with van der Waals surface area (Å²) in [4.78, 5) is 11.2. The molecule has 1 rings (SSSR count). The van der Waals surface area contributed by atoms with Crippen molar-refractivity contribution < 1.29 is 4.79 Å². The van der Waals surface area contributed by atoms with Crippen molar-refractivity contribution >= 4 is 27.5 Å². The highest BCUT2D eigenvalue weighted by Gasteiger charge is 2.07. The Morgan fingerprint density at radius 3 is 2.81 bits per heavy atom. The smallest absolute Gasteiger partial charge is 0.250 e. The van der Waals surface area contributed by atoms with Gasteiger partial charge in [-0.05, 0) is 18.2 Å². The van der Waals surface area contributed by atoms with Crippen LogP contribution in [0.25, 0.3) is 0 Å². The average molecular weight is 284 g/mol. The number of benzene rings is 1. The van der Waals surface area contributed by atoms with Crippen LogP contribution in [0.5, 0.6) is 0 Å². The molecule has 0 heterocycles. The van der Waals surface area contributed by atoms with E-state index in [1.165, 1.54) is 0 Å². The molecular formula is C11H14BrN3O. The van der Waals surface area contributed by atoms with E-state index in [0.717, 1.165) is 10.2 Å². The Kier molecular flexibility index (Phi) is 5.01. The van der Waals surface area contributed by atoms with Crippen molar-refractivity contribution in [2.24, 2.45) is 11.5 Å². The van der Waals surface area contributed by atoms with Gasteiger partial charge in [-0.25, -0.2) is 0 Å². The molecule has 0 aliphatic carbocycles. The third kappa shape index (κ3) is 3.67. The van der Waals surface area contributed by atoms with Gasteiger partial charge in [-0.3, -0.25) is 4.79 Å². The first kappa shape index (κ1) is 12.7. The van der Waals surface area contributed by atoms with E-state index in [4.69, 9.17) is 11.5 Å². The molecule has 0 fully saturated rings. The summed E-state index contributed by atoms with van der Waals surface area (Å²) in [6.07, 6.45) is 3.74. The Bertz CT molecular complexity index is 404. The van der Waals surface area contributed by atoms with E-state index in [9.17, 15) is 4.79 Å². The van der Waals surface area contributed by atoms with Crippen LogP contribution in [0.15, 0.2) is 34.8 Å². The summed E-state index contributed by atoms with van der Waals surface area (Å²) in [6.45, 7) is 1.11. The van der Waals surface area contributed by atoms with E-state index in [0.29, 0.717) is 18.7 Å². The van der Waals surface area contributed by atoms with Crippen molar-refractivity contribution in [1.29, 1.82) is 0 Å². The second-order valence-electron chi connectivity index (χ2n) is 3.14. The van der Waals surface area contributed by atoms with Gasteiger partial charge in [0.15, 0.2) is 0 Å². The molecular weight excluding hydrogens is 270 g/mol. The lowest BCUT2D eigenvalue weighted by atomic mass is 10.1. The SMILES string of the molecule is NC/C=C/CNc1ccc(Br)cc1C(N)=O. The van der Waals surface area contributed by atoms with Gasteiger partial charge in [-0.1, -0.05) is 28.1 Å². The van der Waals surface area contributed by atoms with Crippen molar-refractivity contribution in [2.75, 3.05) is 18.4 Å². The Balaban J connectivity index is 2.78. The summed E-state index contributed by atoms with van der Waals surface area (Å²) in [5.41, 5.74) is 11.8. The van der Waals surface area contributed by atoms with Crippen LogP contribution in [0, 0.1) is 0 Å². The molecule has 0 unspecified atom stereocenters. The first-order chi connectivity index (χ1) is 7.65. The second kappa shape index (κ2) is 6.30. The summed E-state index contributed by atoms with van der Waals surface area (Å²) >= 11 is 3.29. The van der Waals surface area contributed by atoms with Crippen LogP contribution in [0.4, 0.5) is 5.69 Å². The zero-order chi connectivity index (χ0) is 12.0. The van der Waals surface area contributed by atoms with Gasteiger partial charge in [-0.15, -0.1) is 0 Å². The number of primary amides is 1. The minimum atomic E-state index is -0.452. The average Bonchev–Trinajstić information content (AvgIpc) is 2.26. The Labute approximate surface area is 103 Å². The standard InChI is InChI=1S/C11H14BrN3O/c12-8-3-4-10(9(7-8)11(14)16)15-6-2-1-5-13/h1-4,7,15H,5-6,13H2,(H2,14,16)/b2-1+. The number of amides is 1. The van der Waals surface area contributed by atoms with Gasteiger partial charge < -0.3 is 16.8 Å². The van der Waals surface area contributed by atoms with Crippen LogP contribution < -0.4 is 16.8 Å². The fourth-order valence-electron chi connectivity index (χ4n) is 1.22. The van der Waals surface area contributed by atoms with Crippen LogP contribution in [0.1, 0.15) is 10.4 Å². The highest BCUT2D eigenvalue weighted by molar-refractivity contribution is 9.10. The monoisotopic (exact) mass is 283 g/mol. The van der Waals surface area contributed by atoms with Crippen LogP contribution in [0.3, 0.4) is 0 Å². The Morgan fingerprint density at radius 2 is 2.19 bits per heavy atom. The predicted molar refractivity (Wildman–Crippen MR) is 69.3 cm³/mol. The third-order valence-corrected chi connectivity index (χ3v) is 2.45. The number of carbonyl (C=O) groups is 1. The van der Waals surface area contributed by atoms with Crippen molar-refractivity contribution in [3.63, 3.8) is 0 Å². The van der Waals surface area contributed by atoms with E-state index in [2.05, 4.69) is 21.2 Å². The summed E-state index contributed by atoms with van der Waals surface area (Å²) in [5, 5.41) is 3.09. The van der Waals surface area contributed by atoms with Crippen LogP contribution in [-0.4, -0.2) is 19.0 Å². The number of carbonyl (C=O) groups excluding carboxylic acids is 1. The summed E-state index contributed by atoms with van der Waals surface area (Å²) < 4.78 is 0.823. The molecule has 0 aliphatic rings. The number of anilines is 1. The van der Waals surface area contributed by atoms with Crippen molar-refractivity contribution in [2.45, 2.75) is 0 Å². The fourth-order valence-corrected chi connectivity index (χ4v) is 1.58. The number of hydrogen-bond donors (Lipinski definition) is 3. The van der Waals surface area contributed by atoms with Crippen LogP contribution in [0.2, 0.25) is 0 Å². The molecule has 0 radical (unpaired) electrons. The lowest BCUT2D eigenvalue weighted by Crippen LogP contribution is -2.14. The number of nitrogens with one attached hydrogen (secondary N) is 1. The molecule has 0 atom stereocenters. The minimum Gasteiger partial charge on any atom is -0.381 e. The van der Waals surface area contributed by atoms with Gasteiger partial charge in [0.2, 0.25) is 0 Å². The maximum Gasteiger partial charge on any atom is 0.250 e. The number of halogens is 1. The fraction of sp³-hybridized carbons (Fsp3) is 0.182. The van der Waals surface area contributed by atoms with Crippen molar-refractivity contribution in [3.05, 3.63) is 40.4 Å². The zero-order valence-electron chi connectivity index (χ0n) is 8.74. The minimum absolute atomic E-state index is 0.452. The highest BCUT2D eigenvalue weighted by Crippen LogP contribution is 2.20. The lowest BCUT2D eigenvalue weighted by Gasteiger charge is -2.08. The number of nitrogens with two attached hydrogens (primary N) is 2. The second-order valence-corrected chi connectivity index (χ2v) is 4.06. The Morgan fingerprint density at radius 1 is 1.44 bits per heavy atom. The predicted octanol–water partition coefficient (Wildman–Crippen LogP) is 1.47. The summed E-state index contributed by atoms with van der Waals surface area (Å²) in [5.74, 6) is -0.452. The van der Waals surface area contributed by atoms with E-state index in [1.807, 2.05) is 18.2 Å². The molecule has 5 N–H and O–H groups in total. The van der Waals surface area contributed by atoms with Gasteiger partial charge in [0, 0.05) is 23.2 Å². The first-order valence-corrected chi connectivity index (χ1v) is 5.62. The summed E-state index contributed by atoms with van der Waals surface area (Å²) in [7, 11) is 0. The summed E-state index contributed by atoms with van der Waals surface area (Å²) in [6, 6.07) is 5.35. The molecule has 0 aliphatic heterocycles. The van der Waals surface area contributed by atoms with E-state index < -0.39 is 5.91 Å². The molecule has 1 aromatic rings. The molecule has 1 amide bonds. The largest absolute Gasteiger partial charge is 0.381 e. The highest BCUT2D eigenvalue weighted by atomic mass is 79.9. The molecule has 0 saturated carbocycles. The van der Waals surface area contributed by atoms with Gasteiger partial charge >= 0.3 is 0 Å². The van der Waals surface area contributed by atoms with Crippen LogP contribution >= 0.6 is 15.9 Å². The molecule has 16 heavy (non-hydrogen) atoms. The molecule has 0 saturated heterocycles.